The van der Waals surface area contributed by atoms with Crippen LogP contribution >= 0.6 is 11.1 Å². The third-order valence-electron chi connectivity index (χ3n) is 6.73. The van der Waals surface area contributed by atoms with Gasteiger partial charge in [-0.3, -0.25) is 0 Å². The molecule has 2 aliphatic carbocycles. The Morgan fingerprint density at radius 3 is 1.84 bits per heavy atom. The standard InChI is InChI=1S/C30H27ClSi/c1-2-23-22-29-27(24-14-6-3-7-15-24)20-12-13-21-28(29)30(23)32(31,25-16-8-4-9-17-25)26-18-10-5-11-19-26/h3-22,27,30H,2H2,1H3. The minimum atomic E-state index is -2.65. The molecule has 32 heavy (non-hydrogen) atoms. The van der Waals surface area contributed by atoms with E-state index in [1.54, 1.807) is 0 Å². The monoisotopic (exact) mass is 450 g/mol. The summed E-state index contributed by atoms with van der Waals surface area (Å²) in [6, 6.07) is 32.4. The van der Waals surface area contributed by atoms with Crippen molar-refractivity contribution < 1.29 is 0 Å². The van der Waals surface area contributed by atoms with Crippen LogP contribution in [-0.4, -0.2) is 7.38 Å². The zero-order chi connectivity index (χ0) is 22.0. The van der Waals surface area contributed by atoms with E-state index in [4.69, 9.17) is 11.1 Å². The van der Waals surface area contributed by atoms with E-state index in [2.05, 4.69) is 128 Å². The van der Waals surface area contributed by atoms with Crippen molar-refractivity contribution in [2.45, 2.75) is 24.8 Å². The van der Waals surface area contributed by atoms with Gasteiger partial charge in [0.2, 0.25) is 7.38 Å². The molecule has 0 N–H and O–H groups in total. The molecule has 0 aliphatic heterocycles. The van der Waals surface area contributed by atoms with Gasteiger partial charge in [0.15, 0.2) is 0 Å². The lowest BCUT2D eigenvalue weighted by Gasteiger charge is -2.35. The highest BCUT2D eigenvalue weighted by atomic mass is 35.6. The van der Waals surface area contributed by atoms with Gasteiger partial charge in [-0.05, 0) is 33.5 Å². The SMILES string of the molecule is CCC1=CC2=C(C=CC=CC2c2ccccc2)C1[Si](Cl)(c1ccccc1)c1ccccc1. The average molecular weight is 451 g/mol. The number of halogens is 1. The predicted molar refractivity (Wildman–Crippen MR) is 140 cm³/mol. The number of hydrogen-bond donors (Lipinski definition) is 0. The van der Waals surface area contributed by atoms with Crippen molar-refractivity contribution in [2.75, 3.05) is 0 Å². The van der Waals surface area contributed by atoms with Gasteiger partial charge in [-0.25, -0.2) is 0 Å². The molecule has 2 heteroatoms. The zero-order valence-electron chi connectivity index (χ0n) is 18.3. The highest BCUT2D eigenvalue weighted by Crippen LogP contribution is 2.51. The minimum Gasteiger partial charge on any atom is -0.154 e. The molecule has 0 nitrogen and oxygen atoms in total. The fourth-order valence-electron chi connectivity index (χ4n) is 5.22. The number of benzene rings is 3. The second-order valence-corrected chi connectivity index (χ2v) is 13.4. The maximum absolute atomic E-state index is 7.95. The molecule has 0 aromatic heterocycles. The second kappa shape index (κ2) is 8.94. The lowest BCUT2D eigenvalue weighted by atomic mass is 9.90. The summed E-state index contributed by atoms with van der Waals surface area (Å²) in [7, 11) is -2.65. The first-order valence-electron chi connectivity index (χ1n) is 11.4. The van der Waals surface area contributed by atoms with Crippen molar-refractivity contribution in [2.24, 2.45) is 0 Å². The molecule has 0 fully saturated rings. The molecule has 2 unspecified atom stereocenters. The molecule has 0 bridgehead atoms. The van der Waals surface area contributed by atoms with Crippen LogP contribution < -0.4 is 10.4 Å². The van der Waals surface area contributed by atoms with E-state index < -0.39 is 7.38 Å². The minimum absolute atomic E-state index is 0.205. The first-order valence-corrected chi connectivity index (χ1v) is 14.5. The third-order valence-corrected chi connectivity index (χ3v) is 12.5. The molecule has 3 aromatic rings. The smallest absolute Gasteiger partial charge is 0.154 e. The summed E-state index contributed by atoms with van der Waals surface area (Å²) in [5.41, 5.74) is 5.76. The lowest BCUT2D eigenvalue weighted by molar-refractivity contribution is 1.00. The van der Waals surface area contributed by atoms with Gasteiger partial charge < -0.3 is 0 Å². The Bertz CT molecular complexity index is 1160. The summed E-state index contributed by atoms with van der Waals surface area (Å²) < 4.78 is 0. The molecule has 0 spiro atoms. The van der Waals surface area contributed by atoms with E-state index in [0.29, 0.717) is 0 Å². The Balaban J connectivity index is 1.73. The molecule has 0 amide bonds. The molecule has 0 saturated carbocycles. The number of hydrogen-bond acceptors (Lipinski definition) is 0. The van der Waals surface area contributed by atoms with E-state index in [1.807, 2.05) is 0 Å². The van der Waals surface area contributed by atoms with Gasteiger partial charge in [-0.15, -0.1) is 0 Å². The van der Waals surface area contributed by atoms with Gasteiger partial charge in [0.1, 0.15) is 0 Å². The Labute approximate surface area is 197 Å². The molecule has 0 radical (unpaired) electrons. The summed E-state index contributed by atoms with van der Waals surface area (Å²) in [4.78, 5) is 0. The van der Waals surface area contributed by atoms with Gasteiger partial charge >= 0.3 is 0 Å². The van der Waals surface area contributed by atoms with Gasteiger partial charge in [0.25, 0.3) is 0 Å². The van der Waals surface area contributed by atoms with Crippen LogP contribution in [0, 0.1) is 0 Å². The quantitative estimate of drug-likeness (QED) is 0.292. The van der Waals surface area contributed by atoms with Gasteiger partial charge in [0, 0.05) is 11.5 Å². The van der Waals surface area contributed by atoms with Crippen LogP contribution in [0.15, 0.2) is 138 Å². The fraction of sp³-hybridized carbons (Fsp3) is 0.133. The molecule has 0 heterocycles. The largest absolute Gasteiger partial charge is 0.228 e. The van der Waals surface area contributed by atoms with Gasteiger partial charge in [0.05, 0.1) is 0 Å². The Hall–Kier alpha value is -2.87. The van der Waals surface area contributed by atoms with E-state index in [9.17, 15) is 0 Å². The third kappa shape index (κ3) is 3.56. The number of allylic oxidation sites excluding steroid dienone is 8. The summed E-state index contributed by atoms with van der Waals surface area (Å²) in [5, 5.41) is 2.54. The lowest BCUT2D eigenvalue weighted by Crippen LogP contribution is -2.57. The van der Waals surface area contributed by atoms with Crippen molar-refractivity contribution >= 4 is 28.8 Å². The van der Waals surface area contributed by atoms with Crippen molar-refractivity contribution in [3.63, 3.8) is 0 Å². The molecule has 0 saturated heterocycles. The van der Waals surface area contributed by atoms with E-state index in [-0.39, 0.29) is 11.5 Å². The molecular formula is C30H27ClSi. The maximum Gasteiger partial charge on any atom is 0.228 e. The summed E-state index contributed by atoms with van der Waals surface area (Å²) in [6.45, 7) is 2.27. The molecule has 2 aliphatic rings. The van der Waals surface area contributed by atoms with Crippen LogP contribution in [0.3, 0.4) is 0 Å². The topological polar surface area (TPSA) is 0 Å². The Morgan fingerprint density at radius 1 is 0.719 bits per heavy atom. The van der Waals surface area contributed by atoms with Crippen LogP contribution in [0.2, 0.25) is 5.54 Å². The second-order valence-electron chi connectivity index (χ2n) is 8.49. The van der Waals surface area contributed by atoms with Gasteiger partial charge in [-0.1, -0.05) is 134 Å². The summed E-state index contributed by atoms with van der Waals surface area (Å²) in [6.07, 6.45) is 12.5. The van der Waals surface area contributed by atoms with Crippen molar-refractivity contribution in [1.82, 2.24) is 0 Å². The Morgan fingerprint density at radius 2 is 1.28 bits per heavy atom. The van der Waals surface area contributed by atoms with Crippen molar-refractivity contribution in [3.8, 4) is 0 Å². The first-order chi connectivity index (χ1) is 15.7. The average Bonchev–Trinajstić information content (AvgIpc) is 3.11. The molecule has 5 rings (SSSR count). The van der Waals surface area contributed by atoms with E-state index in [0.717, 1.165) is 6.42 Å². The van der Waals surface area contributed by atoms with Crippen molar-refractivity contribution in [1.29, 1.82) is 0 Å². The normalized spacial score (nSPS) is 20.1. The maximum atomic E-state index is 7.95. The highest BCUT2D eigenvalue weighted by Gasteiger charge is 2.49. The van der Waals surface area contributed by atoms with Crippen LogP contribution in [0.25, 0.3) is 0 Å². The van der Waals surface area contributed by atoms with Crippen LogP contribution in [0.4, 0.5) is 0 Å². The highest BCUT2D eigenvalue weighted by molar-refractivity contribution is 7.35. The van der Waals surface area contributed by atoms with Crippen LogP contribution in [0.1, 0.15) is 24.8 Å². The zero-order valence-corrected chi connectivity index (χ0v) is 20.0. The Kier molecular flexibility index (Phi) is 5.86. The molecule has 3 aromatic carbocycles. The summed E-state index contributed by atoms with van der Waals surface area (Å²) >= 11 is 7.95. The van der Waals surface area contributed by atoms with Crippen LogP contribution in [-0.2, 0) is 0 Å². The van der Waals surface area contributed by atoms with E-state index >= 15 is 0 Å². The fourth-order valence-corrected chi connectivity index (χ4v) is 10.6. The molecule has 158 valence electrons. The first kappa shape index (κ1) is 21.0. The molecular weight excluding hydrogens is 424 g/mol. The summed E-state index contributed by atoms with van der Waals surface area (Å²) in [5.74, 6) is 0.245. The van der Waals surface area contributed by atoms with Gasteiger partial charge in [-0.2, -0.15) is 11.1 Å². The predicted octanol–water partition coefficient (Wildman–Crippen LogP) is 6.91. The number of rotatable bonds is 5. The molecule has 2 atom stereocenters. The van der Waals surface area contributed by atoms with Crippen molar-refractivity contribution in [3.05, 3.63) is 144 Å². The van der Waals surface area contributed by atoms with Crippen LogP contribution in [0.5, 0.6) is 0 Å². The van der Waals surface area contributed by atoms with E-state index in [1.165, 1.54) is 32.7 Å².